The van der Waals surface area contributed by atoms with Crippen molar-refractivity contribution in [3.05, 3.63) is 23.5 Å². The number of halogens is 1. The molecule has 2 heterocycles. The molecule has 1 saturated heterocycles. The molecule has 0 aliphatic carbocycles. The van der Waals surface area contributed by atoms with Crippen molar-refractivity contribution in [2.24, 2.45) is 0 Å². The van der Waals surface area contributed by atoms with E-state index < -0.39 is 17.1 Å². The van der Waals surface area contributed by atoms with E-state index >= 15 is 0 Å². The third kappa shape index (κ3) is 1.33. The van der Waals surface area contributed by atoms with Crippen LogP contribution in [0.25, 0.3) is 0 Å². The molecule has 5 nitrogen and oxygen atoms in total. The second-order valence-electron chi connectivity index (χ2n) is 4.26. The lowest BCUT2D eigenvalue weighted by Gasteiger charge is -2.34. The van der Waals surface area contributed by atoms with Gasteiger partial charge in [-0.3, -0.25) is 0 Å². The minimum Gasteiger partial charge on any atom is -0.504 e. The summed E-state index contributed by atoms with van der Waals surface area (Å²) < 4.78 is 18.8. The number of phenolic OH excluding ortho intramolecular Hbond substituents is 1. The summed E-state index contributed by atoms with van der Waals surface area (Å²) in [5, 5.41) is 15.2. The molecule has 3 rings (SSSR count). The zero-order valence-corrected chi connectivity index (χ0v) is 8.92. The third-order valence-corrected chi connectivity index (χ3v) is 3.26. The molecule has 1 fully saturated rings. The van der Waals surface area contributed by atoms with Crippen molar-refractivity contribution in [3.63, 3.8) is 0 Å². The normalized spacial score (nSPS) is 26.1. The van der Waals surface area contributed by atoms with Crippen LogP contribution in [0.15, 0.2) is 12.1 Å². The minimum absolute atomic E-state index is 0.318. The molecule has 1 atom stereocenters. The molecule has 6 heteroatoms. The molecule has 1 aromatic carbocycles. The quantitative estimate of drug-likeness (QED) is 0.626. The van der Waals surface area contributed by atoms with Gasteiger partial charge in [-0.25, -0.2) is 9.18 Å². The number of fused-ring (bicyclic) bond motifs is 2. The highest BCUT2D eigenvalue weighted by Crippen LogP contribution is 2.44. The number of carbonyl (C=O) groups is 1. The van der Waals surface area contributed by atoms with E-state index in [2.05, 4.69) is 10.6 Å². The van der Waals surface area contributed by atoms with Crippen molar-refractivity contribution in [3.8, 4) is 11.5 Å². The Bertz CT molecular complexity index is 506. The largest absolute Gasteiger partial charge is 0.504 e. The average Bonchev–Trinajstić information content (AvgIpc) is 2.66. The number of rotatable bonds is 0. The number of carbonyl (C=O) groups excluding carboxylic acids is 1. The van der Waals surface area contributed by atoms with Crippen LogP contribution < -0.4 is 15.4 Å². The number of aromatic hydroxyl groups is 1. The molecule has 0 unspecified atom stereocenters. The van der Waals surface area contributed by atoms with Crippen molar-refractivity contribution in [1.82, 2.24) is 10.6 Å². The number of nitrogens with one attached hydrogen (secondary N) is 2. The van der Waals surface area contributed by atoms with Crippen LogP contribution in [0.4, 0.5) is 9.18 Å². The van der Waals surface area contributed by atoms with Crippen LogP contribution in [-0.2, 0) is 5.54 Å². The summed E-state index contributed by atoms with van der Waals surface area (Å²) in [5.41, 5.74) is -0.446. The van der Waals surface area contributed by atoms with Gasteiger partial charge in [0.25, 0.3) is 0 Å². The molecule has 1 aromatic rings. The molecule has 3 N–H and O–H groups in total. The molecule has 0 aromatic heterocycles. The first-order valence-corrected chi connectivity index (χ1v) is 5.33. The Hall–Kier alpha value is -1.98. The van der Waals surface area contributed by atoms with E-state index in [1.54, 1.807) is 0 Å². The van der Waals surface area contributed by atoms with Gasteiger partial charge in [-0.15, -0.1) is 0 Å². The van der Waals surface area contributed by atoms with Crippen molar-refractivity contribution in [2.75, 3.05) is 13.2 Å². The minimum atomic E-state index is -0.767. The maximum absolute atomic E-state index is 13.4. The van der Waals surface area contributed by atoms with Gasteiger partial charge in [0.2, 0.25) is 0 Å². The lowest BCUT2D eigenvalue weighted by atomic mass is 9.84. The molecular formula is C11H11FN2O3. The molecule has 17 heavy (non-hydrogen) atoms. The Kier molecular flexibility index (Phi) is 1.95. The molecule has 2 aliphatic rings. The first kappa shape index (κ1) is 10.2. The van der Waals surface area contributed by atoms with Gasteiger partial charge >= 0.3 is 6.03 Å². The van der Waals surface area contributed by atoms with Gasteiger partial charge in [-0.2, -0.15) is 0 Å². The fourth-order valence-electron chi connectivity index (χ4n) is 2.43. The van der Waals surface area contributed by atoms with Gasteiger partial charge < -0.3 is 20.5 Å². The summed E-state index contributed by atoms with van der Waals surface area (Å²) in [4.78, 5) is 11.3. The highest BCUT2D eigenvalue weighted by molar-refractivity contribution is 5.79. The number of hydrogen-bond donors (Lipinski definition) is 3. The first-order valence-electron chi connectivity index (χ1n) is 5.33. The smallest absolute Gasteiger partial charge is 0.315 e. The van der Waals surface area contributed by atoms with Crippen LogP contribution in [0.2, 0.25) is 0 Å². The van der Waals surface area contributed by atoms with E-state index in [9.17, 15) is 14.3 Å². The molecule has 2 aliphatic heterocycles. The second-order valence-corrected chi connectivity index (χ2v) is 4.26. The van der Waals surface area contributed by atoms with Crippen LogP contribution in [-0.4, -0.2) is 24.3 Å². The van der Waals surface area contributed by atoms with E-state index in [1.165, 1.54) is 6.07 Å². The summed E-state index contributed by atoms with van der Waals surface area (Å²) in [6.07, 6.45) is 0.496. The predicted octanol–water partition coefficient (Wildman–Crippen LogP) is 0.822. The Morgan fingerprint density at radius 2 is 2.29 bits per heavy atom. The van der Waals surface area contributed by atoms with Crippen LogP contribution in [0.1, 0.15) is 12.0 Å². The van der Waals surface area contributed by atoms with Gasteiger partial charge in [0.05, 0.1) is 17.7 Å². The Labute approximate surface area is 96.6 Å². The number of phenols is 1. The molecule has 0 saturated carbocycles. The van der Waals surface area contributed by atoms with E-state index in [0.29, 0.717) is 30.9 Å². The monoisotopic (exact) mass is 238 g/mol. The maximum atomic E-state index is 13.4. The second kappa shape index (κ2) is 3.26. The van der Waals surface area contributed by atoms with Crippen molar-refractivity contribution in [2.45, 2.75) is 12.0 Å². The van der Waals surface area contributed by atoms with E-state index in [0.717, 1.165) is 6.07 Å². The Morgan fingerprint density at radius 1 is 1.47 bits per heavy atom. The number of urea groups is 1. The lowest BCUT2D eigenvalue weighted by Crippen LogP contribution is -2.44. The zero-order chi connectivity index (χ0) is 12.0. The van der Waals surface area contributed by atoms with Crippen LogP contribution in [0.3, 0.4) is 0 Å². The molecule has 1 spiro atoms. The summed E-state index contributed by atoms with van der Waals surface area (Å²) in [7, 11) is 0. The number of amides is 2. The van der Waals surface area contributed by atoms with Gasteiger partial charge in [-0.05, 0) is 12.1 Å². The van der Waals surface area contributed by atoms with Gasteiger partial charge in [0.15, 0.2) is 11.6 Å². The Balaban J connectivity index is 2.19. The molecule has 90 valence electrons. The first-order chi connectivity index (χ1) is 8.12. The molecule has 0 radical (unpaired) electrons. The molecular weight excluding hydrogens is 227 g/mol. The van der Waals surface area contributed by atoms with Crippen LogP contribution in [0.5, 0.6) is 11.5 Å². The third-order valence-electron chi connectivity index (χ3n) is 3.26. The van der Waals surface area contributed by atoms with E-state index in [-0.39, 0.29) is 6.03 Å². The van der Waals surface area contributed by atoms with Crippen LogP contribution >= 0.6 is 0 Å². The van der Waals surface area contributed by atoms with Crippen molar-refractivity contribution < 1.29 is 19.0 Å². The summed E-state index contributed by atoms with van der Waals surface area (Å²) in [6, 6.07) is 2.30. The number of hydrogen-bond acceptors (Lipinski definition) is 3. The highest BCUT2D eigenvalue weighted by atomic mass is 19.1. The summed E-state index contributed by atoms with van der Waals surface area (Å²) in [5.74, 6) is -0.750. The van der Waals surface area contributed by atoms with Gasteiger partial charge in [-0.1, -0.05) is 0 Å². The number of ether oxygens (including phenoxy) is 1. The Morgan fingerprint density at radius 3 is 3.00 bits per heavy atom. The highest BCUT2D eigenvalue weighted by Gasteiger charge is 2.45. The standard InChI is InChI=1S/C11H11FN2O3/c12-6-1-2-7-8(9(6)15)11(3-4-17-7)5-13-10(16)14-11/h1-2,15H,3-5H2,(H2,13,14,16)/t11-/m1/s1. The molecule has 2 amide bonds. The fraction of sp³-hybridized carbons (Fsp3) is 0.364. The topological polar surface area (TPSA) is 70.6 Å². The fourth-order valence-corrected chi connectivity index (χ4v) is 2.43. The average molecular weight is 238 g/mol. The van der Waals surface area contributed by atoms with E-state index in [1.807, 2.05) is 0 Å². The molecule has 0 bridgehead atoms. The SMILES string of the molecule is O=C1NC[C@@]2(CCOc3ccc(F)c(O)c32)N1. The zero-order valence-electron chi connectivity index (χ0n) is 8.92. The van der Waals surface area contributed by atoms with Gasteiger partial charge in [0, 0.05) is 13.0 Å². The summed E-state index contributed by atoms with van der Waals surface area (Å²) >= 11 is 0. The number of benzene rings is 1. The van der Waals surface area contributed by atoms with Crippen LogP contribution in [0, 0.1) is 5.82 Å². The van der Waals surface area contributed by atoms with E-state index in [4.69, 9.17) is 4.74 Å². The maximum Gasteiger partial charge on any atom is 0.315 e. The lowest BCUT2D eigenvalue weighted by molar-refractivity contribution is 0.199. The predicted molar refractivity (Wildman–Crippen MR) is 56.4 cm³/mol. The van der Waals surface area contributed by atoms with Gasteiger partial charge in [0.1, 0.15) is 5.75 Å². The summed E-state index contributed by atoms with van der Waals surface area (Å²) in [6.45, 7) is 0.735. The van der Waals surface area contributed by atoms with Crippen molar-refractivity contribution >= 4 is 6.03 Å². The van der Waals surface area contributed by atoms with Crippen molar-refractivity contribution in [1.29, 1.82) is 0 Å².